The maximum atomic E-state index is 8.40. The van der Waals surface area contributed by atoms with E-state index in [0.717, 1.165) is 5.56 Å². The number of methoxy groups -OCH3 is 1. The molecule has 1 N–H and O–H groups in total. The van der Waals surface area contributed by atoms with Crippen molar-refractivity contribution in [1.82, 2.24) is 10.3 Å². The fraction of sp³-hybridized carbons (Fsp3) is 0.364. The van der Waals surface area contributed by atoms with Crippen molar-refractivity contribution in [3.05, 3.63) is 23.9 Å². The zero-order chi connectivity index (χ0) is 12.5. The third-order valence-electron chi connectivity index (χ3n) is 1.91. The van der Waals surface area contributed by atoms with Crippen LogP contribution in [0.2, 0.25) is 0 Å². The van der Waals surface area contributed by atoms with Gasteiger partial charge >= 0.3 is 0 Å². The van der Waals surface area contributed by atoms with Gasteiger partial charge in [0.2, 0.25) is 5.88 Å². The Labute approximate surface area is 110 Å². The highest BCUT2D eigenvalue weighted by Crippen LogP contribution is 2.13. The Morgan fingerprint density at radius 1 is 1.71 bits per heavy atom. The van der Waals surface area contributed by atoms with Crippen LogP contribution < -0.4 is 10.1 Å². The first-order valence-corrected chi connectivity index (χ1v) is 6.42. The van der Waals surface area contributed by atoms with E-state index in [9.17, 15) is 0 Å². The molecule has 1 aromatic heterocycles. The highest BCUT2D eigenvalue weighted by molar-refractivity contribution is 8.22. The zero-order valence-corrected chi connectivity index (χ0v) is 11.1. The number of nitrogens with zero attached hydrogens (tertiary/aromatic N) is 2. The maximum Gasteiger partial charge on any atom is 0.218 e. The van der Waals surface area contributed by atoms with E-state index in [1.807, 2.05) is 12.1 Å². The van der Waals surface area contributed by atoms with Gasteiger partial charge in [-0.3, -0.25) is 0 Å². The summed E-state index contributed by atoms with van der Waals surface area (Å²) in [5.41, 5.74) is 0.957. The fourth-order valence-corrected chi connectivity index (χ4v) is 2.03. The van der Waals surface area contributed by atoms with E-state index in [1.54, 1.807) is 13.3 Å². The molecule has 0 atom stereocenters. The molecule has 0 aliphatic rings. The molecule has 17 heavy (non-hydrogen) atoms. The Hall–Kier alpha value is -1.32. The lowest BCUT2D eigenvalue weighted by molar-refractivity contribution is 0.392. The first-order chi connectivity index (χ1) is 8.27. The number of rotatable bonds is 5. The topological polar surface area (TPSA) is 57.9 Å². The van der Waals surface area contributed by atoms with Crippen LogP contribution in [0.1, 0.15) is 12.0 Å². The van der Waals surface area contributed by atoms with Gasteiger partial charge in [0.25, 0.3) is 0 Å². The largest absolute Gasteiger partial charge is 0.481 e. The van der Waals surface area contributed by atoms with Gasteiger partial charge in [-0.25, -0.2) is 4.98 Å². The Balaban J connectivity index is 2.39. The van der Waals surface area contributed by atoms with Crippen LogP contribution in [0.5, 0.6) is 5.88 Å². The van der Waals surface area contributed by atoms with Crippen LogP contribution >= 0.6 is 24.0 Å². The predicted octanol–water partition coefficient (Wildman–Crippen LogP) is 2.11. The number of nitrogens with one attached hydrogen (secondary N) is 1. The first kappa shape index (κ1) is 13.7. The van der Waals surface area contributed by atoms with Crippen molar-refractivity contribution >= 4 is 28.3 Å². The molecule has 90 valence electrons. The molecule has 0 aliphatic heterocycles. The molecule has 6 heteroatoms. The van der Waals surface area contributed by atoms with E-state index >= 15 is 0 Å². The van der Waals surface area contributed by atoms with Gasteiger partial charge in [0.05, 0.1) is 13.2 Å². The molecule has 0 aromatic carbocycles. The third-order valence-corrected chi connectivity index (χ3v) is 3.23. The first-order valence-electron chi connectivity index (χ1n) is 5.03. The molecule has 0 spiro atoms. The van der Waals surface area contributed by atoms with Crippen molar-refractivity contribution in [3.8, 4) is 11.9 Å². The minimum Gasteiger partial charge on any atom is -0.481 e. The van der Waals surface area contributed by atoms with E-state index < -0.39 is 0 Å². The van der Waals surface area contributed by atoms with Crippen LogP contribution in [0, 0.1) is 11.3 Å². The molecule has 0 bridgehead atoms. The SMILES string of the molecule is COc1ncccc1CNC(=S)SCCC#N. The summed E-state index contributed by atoms with van der Waals surface area (Å²) in [4.78, 5) is 4.10. The third kappa shape index (κ3) is 5.02. The molecule has 1 rings (SSSR count). The number of nitriles is 1. The summed E-state index contributed by atoms with van der Waals surface area (Å²) in [5.74, 6) is 1.32. The van der Waals surface area contributed by atoms with Gasteiger partial charge in [0.1, 0.15) is 4.32 Å². The monoisotopic (exact) mass is 267 g/mol. The van der Waals surface area contributed by atoms with Gasteiger partial charge in [-0.05, 0) is 6.07 Å². The number of thiocarbonyl (C=S) groups is 1. The Morgan fingerprint density at radius 3 is 3.24 bits per heavy atom. The normalized spacial score (nSPS) is 9.41. The Bertz CT molecular complexity index is 417. The second-order valence-electron chi connectivity index (χ2n) is 3.07. The molecule has 0 amide bonds. The average Bonchev–Trinajstić information content (AvgIpc) is 2.37. The number of aromatic nitrogens is 1. The highest BCUT2D eigenvalue weighted by atomic mass is 32.2. The smallest absolute Gasteiger partial charge is 0.218 e. The lowest BCUT2D eigenvalue weighted by Gasteiger charge is -2.09. The summed E-state index contributed by atoms with van der Waals surface area (Å²) in [6.07, 6.45) is 2.19. The molecule has 0 saturated carbocycles. The van der Waals surface area contributed by atoms with Gasteiger partial charge in [-0.1, -0.05) is 30.0 Å². The summed E-state index contributed by atoms with van der Waals surface area (Å²) < 4.78 is 5.82. The molecule has 0 saturated heterocycles. The fourth-order valence-electron chi connectivity index (χ4n) is 1.15. The van der Waals surface area contributed by atoms with E-state index in [4.69, 9.17) is 22.2 Å². The number of hydrogen-bond acceptors (Lipinski definition) is 5. The van der Waals surface area contributed by atoms with Crippen molar-refractivity contribution in [3.63, 3.8) is 0 Å². The average molecular weight is 267 g/mol. The minimum atomic E-state index is 0.503. The summed E-state index contributed by atoms with van der Waals surface area (Å²) in [6.45, 7) is 0.579. The van der Waals surface area contributed by atoms with E-state index in [-0.39, 0.29) is 0 Å². The number of ether oxygens (including phenoxy) is 1. The van der Waals surface area contributed by atoms with E-state index in [1.165, 1.54) is 11.8 Å². The van der Waals surface area contributed by atoms with Crippen molar-refractivity contribution in [2.45, 2.75) is 13.0 Å². The van der Waals surface area contributed by atoms with Gasteiger partial charge in [-0.15, -0.1) is 0 Å². The maximum absolute atomic E-state index is 8.40. The molecule has 4 nitrogen and oxygen atoms in total. The van der Waals surface area contributed by atoms with Crippen LogP contribution in [0.15, 0.2) is 18.3 Å². The number of hydrogen-bond donors (Lipinski definition) is 1. The molecule has 0 fully saturated rings. The summed E-state index contributed by atoms with van der Waals surface area (Å²) in [6, 6.07) is 5.86. The van der Waals surface area contributed by atoms with Crippen molar-refractivity contribution < 1.29 is 4.74 Å². The van der Waals surface area contributed by atoms with Gasteiger partial charge in [-0.2, -0.15) is 5.26 Å². The summed E-state index contributed by atoms with van der Waals surface area (Å²) >= 11 is 6.60. The van der Waals surface area contributed by atoms with Crippen LogP contribution in [0.4, 0.5) is 0 Å². The van der Waals surface area contributed by atoms with E-state index in [0.29, 0.717) is 28.9 Å². The molecule has 0 unspecified atom stereocenters. The Kier molecular flexibility index (Phi) is 6.37. The standard InChI is InChI=1S/C11H13N3OS2/c1-15-10-9(4-2-6-13-10)8-14-11(16)17-7-3-5-12/h2,4,6H,3,7-8H2,1H3,(H,14,16). The van der Waals surface area contributed by atoms with E-state index in [2.05, 4.69) is 16.4 Å². The van der Waals surface area contributed by atoms with Crippen molar-refractivity contribution in [2.75, 3.05) is 12.9 Å². The molecule has 0 aliphatic carbocycles. The van der Waals surface area contributed by atoms with Crippen LogP contribution in [-0.4, -0.2) is 22.2 Å². The van der Waals surface area contributed by atoms with Crippen molar-refractivity contribution in [2.24, 2.45) is 0 Å². The summed E-state index contributed by atoms with van der Waals surface area (Å²) in [7, 11) is 1.59. The molecule has 1 aromatic rings. The van der Waals surface area contributed by atoms with Crippen LogP contribution in [0.3, 0.4) is 0 Å². The van der Waals surface area contributed by atoms with Gasteiger partial charge in [0, 0.05) is 30.5 Å². The number of pyridine rings is 1. The Morgan fingerprint density at radius 2 is 2.53 bits per heavy atom. The highest BCUT2D eigenvalue weighted by Gasteiger charge is 2.04. The lowest BCUT2D eigenvalue weighted by Crippen LogP contribution is -2.18. The number of thioether (sulfide) groups is 1. The molecule has 1 heterocycles. The zero-order valence-electron chi connectivity index (χ0n) is 9.47. The van der Waals surface area contributed by atoms with Crippen LogP contribution in [-0.2, 0) is 6.54 Å². The molecule has 0 radical (unpaired) electrons. The summed E-state index contributed by atoms with van der Waals surface area (Å²) in [5, 5.41) is 11.5. The predicted molar refractivity (Wildman–Crippen MR) is 72.9 cm³/mol. The van der Waals surface area contributed by atoms with Gasteiger partial charge < -0.3 is 10.1 Å². The van der Waals surface area contributed by atoms with Gasteiger partial charge in [0.15, 0.2) is 0 Å². The second kappa shape index (κ2) is 7.87. The minimum absolute atomic E-state index is 0.503. The second-order valence-corrected chi connectivity index (χ2v) is 4.84. The van der Waals surface area contributed by atoms with Crippen molar-refractivity contribution in [1.29, 1.82) is 5.26 Å². The molecular formula is C11H13N3OS2. The molecular weight excluding hydrogens is 254 g/mol. The van der Waals surface area contributed by atoms with Crippen LogP contribution in [0.25, 0.3) is 0 Å². The lowest BCUT2D eigenvalue weighted by atomic mass is 10.3. The quantitative estimate of drug-likeness (QED) is 0.651.